The number of aryl methyl sites for hydroxylation is 1. The standard InChI is InChI=1S/C23H32N4O3/c1-29-20-6-7-21(23(28)26-12-2-3-13-26)22(18-20)30-19-8-16-25(17-9-19)11-5-15-27-14-4-10-24-27/h4,6-7,10,14,18-19H,2-3,5,8-9,11-13,15-17H2,1H3. The van der Waals surface area contributed by atoms with E-state index in [9.17, 15) is 4.79 Å². The molecule has 2 saturated heterocycles. The first-order valence-electron chi connectivity index (χ1n) is 11.1. The number of nitrogens with zero attached hydrogens (tertiary/aromatic N) is 4. The van der Waals surface area contributed by atoms with Crippen molar-refractivity contribution in [2.24, 2.45) is 0 Å². The van der Waals surface area contributed by atoms with E-state index in [1.54, 1.807) is 7.11 Å². The Hall–Kier alpha value is -2.54. The van der Waals surface area contributed by atoms with Crippen LogP contribution in [0, 0.1) is 0 Å². The average molecular weight is 413 g/mol. The Balaban J connectivity index is 1.32. The summed E-state index contributed by atoms with van der Waals surface area (Å²) in [7, 11) is 1.64. The van der Waals surface area contributed by atoms with Gasteiger partial charge in [-0.05, 0) is 56.8 Å². The molecule has 2 aliphatic heterocycles. The molecule has 1 aromatic carbocycles. The second-order valence-corrected chi connectivity index (χ2v) is 8.14. The van der Waals surface area contributed by atoms with Crippen molar-refractivity contribution in [2.75, 3.05) is 39.8 Å². The largest absolute Gasteiger partial charge is 0.497 e. The maximum Gasteiger partial charge on any atom is 0.257 e. The van der Waals surface area contributed by atoms with Gasteiger partial charge in [0, 0.05) is 51.2 Å². The van der Waals surface area contributed by atoms with Crippen LogP contribution in [0.3, 0.4) is 0 Å². The highest BCUT2D eigenvalue weighted by Crippen LogP contribution is 2.29. The van der Waals surface area contributed by atoms with E-state index < -0.39 is 0 Å². The summed E-state index contributed by atoms with van der Waals surface area (Å²) < 4.78 is 13.7. The Kier molecular flexibility index (Phi) is 6.89. The summed E-state index contributed by atoms with van der Waals surface area (Å²) in [6.07, 6.45) is 9.15. The molecule has 7 heteroatoms. The molecule has 3 heterocycles. The van der Waals surface area contributed by atoms with Gasteiger partial charge >= 0.3 is 0 Å². The Morgan fingerprint density at radius 1 is 1.13 bits per heavy atom. The number of carbonyl (C=O) groups excluding carboxylic acids is 1. The first-order valence-corrected chi connectivity index (χ1v) is 11.1. The van der Waals surface area contributed by atoms with E-state index in [4.69, 9.17) is 9.47 Å². The smallest absolute Gasteiger partial charge is 0.257 e. The van der Waals surface area contributed by atoms with Crippen molar-refractivity contribution >= 4 is 5.91 Å². The van der Waals surface area contributed by atoms with Gasteiger partial charge in [-0.15, -0.1) is 0 Å². The molecule has 1 amide bonds. The monoisotopic (exact) mass is 412 g/mol. The van der Waals surface area contributed by atoms with Gasteiger partial charge in [0.15, 0.2) is 0 Å². The van der Waals surface area contributed by atoms with Crippen molar-refractivity contribution in [2.45, 2.75) is 44.8 Å². The molecule has 0 spiro atoms. The number of rotatable bonds is 8. The fourth-order valence-corrected chi connectivity index (χ4v) is 4.31. The molecular weight excluding hydrogens is 380 g/mol. The van der Waals surface area contributed by atoms with Crippen LogP contribution >= 0.6 is 0 Å². The number of carbonyl (C=O) groups is 1. The van der Waals surface area contributed by atoms with Crippen LogP contribution in [0.2, 0.25) is 0 Å². The lowest BCUT2D eigenvalue weighted by Gasteiger charge is -2.32. The third kappa shape index (κ3) is 5.14. The predicted molar refractivity (Wildman–Crippen MR) is 115 cm³/mol. The maximum atomic E-state index is 13.0. The molecule has 2 aromatic rings. The van der Waals surface area contributed by atoms with Crippen LogP contribution < -0.4 is 9.47 Å². The number of piperidine rings is 1. The zero-order chi connectivity index (χ0) is 20.8. The topological polar surface area (TPSA) is 59.8 Å². The lowest BCUT2D eigenvalue weighted by atomic mass is 10.1. The minimum atomic E-state index is 0.0706. The van der Waals surface area contributed by atoms with Crippen LogP contribution in [0.4, 0.5) is 0 Å². The van der Waals surface area contributed by atoms with E-state index in [0.29, 0.717) is 11.3 Å². The van der Waals surface area contributed by atoms with Crippen LogP contribution in [-0.4, -0.2) is 71.4 Å². The molecule has 1 aromatic heterocycles. The number of aromatic nitrogens is 2. The van der Waals surface area contributed by atoms with Crippen LogP contribution in [0.25, 0.3) is 0 Å². The number of methoxy groups -OCH3 is 1. The normalized spacial score (nSPS) is 18.0. The minimum Gasteiger partial charge on any atom is -0.497 e. The number of benzene rings is 1. The van der Waals surface area contributed by atoms with Crippen molar-refractivity contribution in [1.82, 2.24) is 19.6 Å². The molecule has 2 aliphatic rings. The minimum absolute atomic E-state index is 0.0706. The Bertz CT molecular complexity index is 810. The fraction of sp³-hybridized carbons (Fsp3) is 0.565. The van der Waals surface area contributed by atoms with Crippen molar-refractivity contribution < 1.29 is 14.3 Å². The van der Waals surface area contributed by atoms with Gasteiger partial charge in [0.25, 0.3) is 5.91 Å². The molecule has 162 valence electrons. The average Bonchev–Trinajstić information content (AvgIpc) is 3.49. The second-order valence-electron chi connectivity index (χ2n) is 8.14. The summed E-state index contributed by atoms with van der Waals surface area (Å²) in [5.74, 6) is 1.45. The highest BCUT2D eigenvalue weighted by molar-refractivity contribution is 5.97. The number of hydrogen-bond acceptors (Lipinski definition) is 5. The van der Waals surface area contributed by atoms with Gasteiger partial charge in [0.2, 0.25) is 0 Å². The Morgan fingerprint density at radius 3 is 2.63 bits per heavy atom. The quantitative estimate of drug-likeness (QED) is 0.667. The SMILES string of the molecule is COc1ccc(C(=O)N2CCCC2)c(OC2CCN(CCCn3cccn3)CC2)c1. The molecule has 0 bridgehead atoms. The Morgan fingerprint density at radius 2 is 1.93 bits per heavy atom. The molecule has 0 saturated carbocycles. The Labute approximate surface area is 178 Å². The number of likely N-dealkylation sites (tertiary alicyclic amines) is 2. The molecule has 0 aliphatic carbocycles. The summed E-state index contributed by atoms with van der Waals surface area (Å²) in [6.45, 7) is 5.73. The third-order valence-corrected chi connectivity index (χ3v) is 6.06. The third-order valence-electron chi connectivity index (χ3n) is 6.06. The molecule has 7 nitrogen and oxygen atoms in total. The van der Waals surface area contributed by atoms with Crippen molar-refractivity contribution in [3.63, 3.8) is 0 Å². The first kappa shape index (κ1) is 20.7. The van der Waals surface area contributed by atoms with Gasteiger partial charge in [-0.2, -0.15) is 5.10 Å². The summed E-state index contributed by atoms with van der Waals surface area (Å²) in [4.78, 5) is 17.4. The van der Waals surface area contributed by atoms with Gasteiger partial charge in [-0.1, -0.05) is 0 Å². The van der Waals surface area contributed by atoms with Crippen molar-refractivity contribution in [1.29, 1.82) is 0 Å². The summed E-state index contributed by atoms with van der Waals surface area (Å²) in [5, 5.41) is 4.26. The van der Waals surface area contributed by atoms with Crippen molar-refractivity contribution in [3.8, 4) is 11.5 Å². The highest BCUT2D eigenvalue weighted by atomic mass is 16.5. The molecule has 0 unspecified atom stereocenters. The summed E-state index contributed by atoms with van der Waals surface area (Å²) in [6, 6.07) is 7.52. The highest BCUT2D eigenvalue weighted by Gasteiger charge is 2.26. The number of ether oxygens (including phenoxy) is 2. The maximum absolute atomic E-state index is 13.0. The number of hydrogen-bond donors (Lipinski definition) is 0. The molecule has 0 radical (unpaired) electrons. The van der Waals surface area contributed by atoms with Gasteiger partial charge in [0.1, 0.15) is 17.6 Å². The van der Waals surface area contributed by atoms with E-state index in [2.05, 4.69) is 10.00 Å². The van der Waals surface area contributed by atoms with Crippen LogP contribution in [0.5, 0.6) is 11.5 Å². The van der Waals surface area contributed by atoms with E-state index >= 15 is 0 Å². The molecular formula is C23H32N4O3. The lowest BCUT2D eigenvalue weighted by Crippen LogP contribution is -2.39. The molecule has 0 N–H and O–H groups in total. The summed E-state index contributed by atoms with van der Waals surface area (Å²) in [5.41, 5.74) is 0.652. The zero-order valence-electron chi connectivity index (χ0n) is 17.8. The lowest BCUT2D eigenvalue weighted by molar-refractivity contribution is 0.0767. The number of amides is 1. The molecule has 0 atom stereocenters. The van der Waals surface area contributed by atoms with Crippen LogP contribution in [-0.2, 0) is 6.54 Å². The zero-order valence-corrected chi connectivity index (χ0v) is 17.8. The predicted octanol–water partition coefficient (Wildman–Crippen LogP) is 3.06. The molecule has 30 heavy (non-hydrogen) atoms. The fourth-order valence-electron chi connectivity index (χ4n) is 4.31. The van der Waals surface area contributed by atoms with E-state index in [1.807, 2.05) is 46.2 Å². The first-order chi connectivity index (χ1) is 14.7. The van der Waals surface area contributed by atoms with E-state index in [-0.39, 0.29) is 12.0 Å². The summed E-state index contributed by atoms with van der Waals surface area (Å²) >= 11 is 0. The van der Waals surface area contributed by atoms with E-state index in [0.717, 1.165) is 77.1 Å². The van der Waals surface area contributed by atoms with Gasteiger partial charge in [0.05, 0.1) is 12.7 Å². The van der Waals surface area contributed by atoms with Gasteiger partial charge < -0.3 is 19.3 Å². The van der Waals surface area contributed by atoms with Crippen LogP contribution in [0.15, 0.2) is 36.7 Å². The second kappa shape index (κ2) is 9.98. The van der Waals surface area contributed by atoms with Gasteiger partial charge in [-0.3, -0.25) is 9.48 Å². The van der Waals surface area contributed by atoms with Gasteiger partial charge in [-0.25, -0.2) is 0 Å². The van der Waals surface area contributed by atoms with E-state index in [1.165, 1.54) is 0 Å². The molecule has 2 fully saturated rings. The van der Waals surface area contributed by atoms with Crippen LogP contribution in [0.1, 0.15) is 42.5 Å². The molecule has 4 rings (SSSR count). The van der Waals surface area contributed by atoms with Crippen molar-refractivity contribution in [3.05, 3.63) is 42.2 Å².